The van der Waals surface area contributed by atoms with E-state index in [1.165, 1.54) is 6.07 Å². The van der Waals surface area contributed by atoms with Gasteiger partial charge in [0.05, 0.1) is 5.69 Å². The van der Waals surface area contributed by atoms with Crippen molar-refractivity contribution in [3.63, 3.8) is 0 Å². The summed E-state index contributed by atoms with van der Waals surface area (Å²) >= 11 is 0. The predicted octanol–water partition coefficient (Wildman–Crippen LogP) is 3.72. The Bertz CT molecular complexity index is 847. The molecule has 3 heterocycles. The van der Waals surface area contributed by atoms with Crippen LogP contribution in [0.4, 0.5) is 8.78 Å². The maximum absolute atomic E-state index is 13.4. The summed E-state index contributed by atoms with van der Waals surface area (Å²) in [5.74, 6) is -0.0791. The van der Waals surface area contributed by atoms with Crippen molar-refractivity contribution in [3.8, 4) is 11.5 Å². The minimum Gasteiger partial charge on any atom is -0.444 e. The number of H-pyrrole nitrogens is 1. The maximum atomic E-state index is 13.4. The van der Waals surface area contributed by atoms with Gasteiger partial charge in [-0.1, -0.05) is 0 Å². The smallest absolute Gasteiger partial charge is 0.226 e. The Kier molecular flexibility index (Phi) is 4.31. The quantitative estimate of drug-likeness (QED) is 0.784. The number of aromatic nitrogens is 3. The van der Waals surface area contributed by atoms with Crippen molar-refractivity contribution in [1.82, 2.24) is 19.9 Å². The molecule has 2 aromatic heterocycles. The number of rotatable bonds is 4. The molecule has 1 aliphatic heterocycles. The van der Waals surface area contributed by atoms with E-state index in [4.69, 9.17) is 4.42 Å². The van der Waals surface area contributed by atoms with Crippen LogP contribution in [-0.2, 0) is 6.54 Å². The van der Waals surface area contributed by atoms with Crippen LogP contribution in [0.25, 0.3) is 11.5 Å². The lowest BCUT2D eigenvalue weighted by molar-refractivity contribution is 0.195. The number of nitrogens with one attached hydrogen (secondary N) is 1. The average molecular weight is 344 g/mol. The second-order valence-corrected chi connectivity index (χ2v) is 6.32. The van der Waals surface area contributed by atoms with Gasteiger partial charge in [0.2, 0.25) is 5.89 Å². The average Bonchev–Trinajstić information content (AvgIpc) is 3.29. The van der Waals surface area contributed by atoms with Crippen LogP contribution in [0.3, 0.4) is 0 Å². The Morgan fingerprint density at radius 2 is 2.20 bits per heavy atom. The van der Waals surface area contributed by atoms with E-state index in [1.807, 2.05) is 6.20 Å². The Hall–Kier alpha value is -2.54. The third kappa shape index (κ3) is 3.46. The van der Waals surface area contributed by atoms with E-state index in [-0.39, 0.29) is 0 Å². The summed E-state index contributed by atoms with van der Waals surface area (Å²) in [5.41, 5.74) is 1.21. The van der Waals surface area contributed by atoms with Crippen LogP contribution in [0.1, 0.15) is 30.3 Å². The fraction of sp³-hybridized carbons (Fsp3) is 0.333. The van der Waals surface area contributed by atoms with Crippen molar-refractivity contribution in [2.75, 3.05) is 13.1 Å². The maximum Gasteiger partial charge on any atom is 0.226 e. The number of hydrogen-bond donors (Lipinski definition) is 1. The molecule has 1 aromatic carbocycles. The Morgan fingerprint density at radius 3 is 3.00 bits per heavy atom. The highest BCUT2D eigenvalue weighted by Crippen LogP contribution is 2.26. The van der Waals surface area contributed by atoms with Gasteiger partial charge in [0.25, 0.3) is 0 Å². The van der Waals surface area contributed by atoms with Crippen LogP contribution in [0.5, 0.6) is 0 Å². The number of halogens is 2. The van der Waals surface area contributed by atoms with Gasteiger partial charge in [-0.25, -0.2) is 18.7 Å². The second kappa shape index (κ2) is 6.76. The second-order valence-electron chi connectivity index (χ2n) is 6.32. The van der Waals surface area contributed by atoms with E-state index in [0.29, 0.717) is 23.9 Å². The SMILES string of the molecule is Fc1ccc(-c2nc(CN3CCC[C@@H](c4ncc[nH]4)C3)co2)cc1F. The van der Waals surface area contributed by atoms with Crippen molar-refractivity contribution < 1.29 is 13.2 Å². The first kappa shape index (κ1) is 16.0. The molecule has 0 unspecified atom stereocenters. The third-order valence-corrected chi connectivity index (χ3v) is 4.52. The number of nitrogens with zero attached hydrogens (tertiary/aromatic N) is 3. The highest BCUT2D eigenvalue weighted by atomic mass is 19.2. The molecule has 25 heavy (non-hydrogen) atoms. The molecule has 0 saturated carbocycles. The van der Waals surface area contributed by atoms with Crippen molar-refractivity contribution in [2.24, 2.45) is 0 Å². The van der Waals surface area contributed by atoms with E-state index in [9.17, 15) is 8.78 Å². The fourth-order valence-corrected chi connectivity index (χ4v) is 3.29. The van der Waals surface area contributed by atoms with Crippen molar-refractivity contribution in [2.45, 2.75) is 25.3 Å². The zero-order valence-electron chi connectivity index (χ0n) is 13.6. The van der Waals surface area contributed by atoms with Gasteiger partial charge < -0.3 is 9.40 Å². The predicted molar refractivity (Wildman–Crippen MR) is 87.7 cm³/mol. The molecule has 1 fully saturated rings. The highest BCUT2D eigenvalue weighted by Gasteiger charge is 2.23. The lowest BCUT2D eigenvalue weighted by Crippen LogP contribution is -2.34. The van der Waals surface area contributed by atoms with Crippen molar-refractivity contribution in [1.29, 1.82) is 0 Å². The molecule has 0 amide bonds. The zero-order chi connectivity index (χ0) is 17.2. The Labute approximate surface area is 143 Å². The first-order chi connectivity index (χ1) is 12.2. The number of likely N-dealkylation sites (tertiary alicyclic amines) is 1. The number of aromatic amines is 1. The van der Waals surface area contributed by atoms with Gasteiger partial charge in [0.1, 0.15) is 12.1 Å². The molecule has 3 aromatic rings. The number of benzene rings is 1. The number of piperidine rings is 1. The molecule has 4 rings (SSSR count). The van der Waals surface area contributed by atoms with Gasteiger partial charge in [-0.2, -0.15) is 0 Å². The molecule has 1 aliphatic rings. The molecule has 5 nitrogen and oxygen atoms in total. The third-order valence-electron chi connectivity index (χ3n) is 4.52. The molecule has 7 heteroatoms. The van der Waals surface area contributed by atoms with Crippen molar-refractivity contribution >= 4 is 0 Å². The molecule has 1 N–H and O–H groups in total. The van der Waals surface area contributed by atoms with Gasteiger partial charge in [0, 0.05) is 37.0 Å². The monoisotopic (exact) mass is 344 g/mol. The van der Waals surface area contributed by atoms with Crippen LogP contribution in [0.15, 0.2) is 41.3 Å². The molecular weight excluding hydrogens is 326 g/mol. The van der Waals surface area contributed by atoms with E-state index >= 15 is 0 Å². The molecule has 1 saturated heterocycles. The molecular formula is C18H18F2N4O. The van der Waals surface area contributed by atoms with Gasteiger partial charge in [0.15, 0.2) is 11.6 Å². The lowest BCUT2D eigenvalue weighted by Gasteiger charge is -2.31. The first-order valence-corrected chi connectivity index (χ1v) is 8.30. The standard InChI is InChI=1S/C18H18F2N4O/c19-15-4-3-12(8-16(15)20)18-23-14(11-25-18)10-24-7-1-2-13(9-24)17-21-5-6-22-17/h3-6,8,11,13H,1-2,7,9-10H2,(H,21,22)/t13-/m1/s1. The summed E-state index contributed by atoms with van der Waals surface area (Å²) < 4.78 is 31.8. The summed E-state index contributed by atoms with van der Waals surface area (Å²) in [6.07, 6.45) is 7.41. The lowest BCUT2D eigenvalue weighted by atomic mass is 9.97. The van der Waals surface area contributed by atoms with E-state index < -0.39 is 11.6 Å². The Balaban J connectivity index is 1.44. The fourth-order valence-electron chi connectivity index (χ4n) is 3.29. The largest absolute Gasteiger partial charge is 0.444 e. The molecule has 1 atom stereocenters. The van der Waals surface area contributed by atoms with Crippen LogP contribution >= 0.6 is 0 Å². The van der Waals surface area contributed by atoms with E-state index in [1.54, 1.807) is 12.5 Å². The number of oxazole rings is 1. The van der Waals surface area contributed by atoms with Crippen LogP contribution in [0, 0.1) is 11.6 Å². The highest BCUT2D eigenvalue weighted by molar-refractivity contribution is 5.53. The minimum atomic E-state index is -0.908. The van der Waals surface area contributed by atoms with E-state index in [2.05, 4.69) is 19.9 Å². The molecule has 0 bridgehead atoms. The summed E-state index contributed by atoms with van der Waals surface area (Å²) in [4.78, 5) is 14.3. The number of imidazole rings is 1. The van der Waals surface area contributed by atoms with Crippen LogP contribution in [0.2, 0.25) is 0 Å². The van der Waals surface area contributed by atoms with Gasteiger partial charge in [-0.3, -0.25) is 4.90 Å². The van der Waals surface area contributed by atoms with Crippen molar-refractivity contribution in [3.05, 3.63) is 60.0 Å². The topological polar surface area (TPSA) is 58.0 Å². The summed E-state index contributed by atoms with van der Waals surface area (Å²) in [7, 11) is 0. The van der Waals surface area contributed by atoms with Crippen LogP contribution in [-0.4, -0.2) is 32.9 Å². The minimum absolute atomic E-state index is 0.300. The first-order valence-electron chi connectivity index (χ1n) is 8.30. The molecule has 0 aliphatic carbocycles. The summed E-state index contributed by atoms with van der Waals surface area (Å²) in [6, 6.07) is 3.63. The van der Waals surface area contributed by atoms with Gasteiger partial charge >= 0.3 is 0 Å². The zero-order valence-corrected chi connectivity index (χ0v) is 13.6. The van der Waals surface area contributed by atoms with Crippen LogP contribution < -0.4 is 0 Å². The molecule has 0 radical (unpaired) electrons. The summed E-state index contributed by atoms with van der Waals surface area (Å²) in [6.45, 7) is 2.55. The van der Waals surface area contributed by atoms with Gasteiger partial charge in [-0.15, -0.1) is 0 Å². The van der Waals surface area contributed by atoms with E-state index in [0.717, 1.165) is 49.6 Å². The summed E-state index contributed by atoms with van der Waals surface area (Å²) in [5, 5.41) is 0. The Morgan fingerprint density at radius 1 is 1.28 bits per heavy atom. The van der Waals surface area contributed by atoms with Gasteiger partial charge in [-0.05, 0) is 37.6 Å². The number of hydrogen-bond acceptors (Lipinski definition) is 4. The molecule has 0 spiro atoms. The molecule has 130 valence electrons. The normalized spacial score (nSPS) is 18.6.